The molecule has 0 atom stereocenters. The third kappa shape index (κ3) is 3.73. The van der Waals surface area contributed by atoms with Crippen LogP contribution in [0.4, 0.5) is 5.69 Å². The second kappa shape index (κ2) is 7.12. The minimum absolute atomic E-state index is 0.00101. The molecule has 0 saturated carbocycles. The Hall–Kier alpha value is -3.56. The smallest absolute Gasteiger partial charge is 0.238 e. The van der Waals surface area contributed by atoms with Crippen LogP contribution in [0.3, 0.4) is 0 Å². The van der Waals surface area contributed by atoms with E-state index in [1.165, 1.54) is 18.2 Å². The molecule has 0 spiro atoms. The van der Waals surface area contributed by atoms with E-state index in [-0.39, 0.29) is 21.7 Å². The number of ketones is 2. The van der Waals surface area contributed by atoms with Crippen molar-refractivity contribution in [3.8, 4) is 0 Å². The first-order chi connectivity index (χ1) is 13.8. The van der Waals surface area contributed by atoms with E-state index in [4.69, 9.17) is 5.14 Å². The molecule has 3 aromatic rings. The molecule has 0 radical (unpaired) electrons. The highest BCUT2D eigenvalue weighted by atomic mass is 32.2. The van der Waals surface area contributed by atoms with Crippen molar-refractivity contribution >= 4 is 27.3 Å². The van der Waals surface area contributed by atoms with E-state index in [1.54, 1.807) is 18.6 Å². The van der Waals surface area contributed by atoms with Gasteiger partial charge >= 0.3 is 0 Å². The van der Waals surface area contributed by atoms with E-state index >= 15 is 0 Å². The number of nitrogens with two attached hydrogens (primary N) is 1. The van der Waals surface area contributed by atoms with Gasteiger partial charge in [-0.2, -0.15) is 0 Å². The van der Waals surface area contributed by atoms with Crippen LogP contribution in [0.1, 0.15) is 26.3 Å². The van der Waals surface area contributed by atoms with Crippen LogP contribution >= 0.6 is 0 Å². The Morgan fingerprint density at radius 2 is 1.90 bits per heavy atom. The SMILES string of the molecule is NS(=O)(=O)c1cccc2c1C(=O)C=C(Nc1cccc(Cn3ccnc3)c1)C2=O. The van der Waals surface area contributed by atoms with E-state index in [0.717, 1.165) is 11.6 Å². The number of imidazole rings is 1. The largest absolute Gasteiger partial charge is 0.352 e. The van der Waals surface area contributed by atoms with Gasteiger partial charge in [-0.15, -0.1) is 0 Å². The highest BCUT2D eigenvalue weighted by molar-refractivity contribution is 7.89. The molecule has 1 aromatic heterocycles. The van der Waals surface area contributed by atoms with Crippen LogP contribution in [0.25, 0.3) is 0 Å². The number of anilines is 1. The molecule has 0 bridgehead atoms. The van der Waals surface area contributed by atoms with Crippen LogP contribution in [-0.4, -0.2) is 29.5 Å². The van der Waals surface area contributed by atoms with Crippen molar-refractivity contribution in [1.29, 1.82) is 0 Å². The van der Waals surface area contributed by atoms with Crippen molar-refractivity contribution in [2.24, 2.45) is 5.14 Å². The van der Waals surface area contributed by atoms with E-state index in [2.05, 4.69) is 10.3 Å². The highest BCUT2D eigenvalue weighted by Gasteiger charge is 2.30. The number of aromatic nitrogens is 2. The van der Waals surface area contributed by atoms with Gasteiger partial charge in [0, 0.05) is 36.3 Å². The topological polar surface area (TPSA) is 124 Å². The quantitative estimate of drug-likeness (QED) is 0.665. The molecule has 0 saturated heterocycles. The molecule has 0 fully saturated rings. The maximum Gasteiger partial charge on any atom is 0.238 e. The zero-order valence-corrected chi connectivity index (χ0v) is 15.9. The lowest BCUT2D eigenvalue weighted by Crippen LogP contribution is -2.25. The summed E-state index contributed by atoms with van der Waals surface area (Å²) in [6, 6.07) is 11.4. The number of fused-ring (bicyclic) bond motifs is 1. The number of hydrogen-bond donors (Lipinski definition) is 2. The molecule has 9 heteroatoms. The average molecular weight is 408 g/mol. The zero-order chi connectivity index (χ0) is 20.6. The number of benzene rings is 2. The first-order valence-electron chi connectivity index (χ1n) is 8.61. The zero-order valence-electron chi connectivity index (χ0n) is 15.1. The van der Waals surface area contributed by atoms with E-state index in [9.17, 15) is 18.0 Å². The summed E-state index contributed by atoms with van der Waals surface area (Å²) >= 11 is 0. The summed E-state index contributed by atoms with van der Waals surface area (Å²) in [7, 11) is -4.14. The molecule has 2 aromatic carbocycles. The Balaban J connectivity index is 1.64. The lowest BCUT2D eigenvalue weighted by Gasteiger charge is -2.18. The van der Waals surface area contributed by atoms with Gasteiger partial charge in [0.25, 0.3) is 0 Å². The van der Waals surface area contributed by atoms with Gasteiger partial charge < -0.3 is 9.88 Å². The number of carbonyl (C=O) groups excluding carboxylic acids is 2. The van der Waals surface area contributed by atoms with Gasteiger partial charge in [-0.1, -0.05) is 24.3 Å². The van der Waals surface area contributed by atoms with Gasteiger partial charge in [-0.25, -0.2) is 18.5 Å². The Morgan fingerprint density at radius 3 is 2.62 bits per heavy atom. The number of carbonyl (C=O) groups is 2. The maximum absolute atomic E-state index is 12.9. The van der Waals surface area contributed by atoms with Gasteiger partial charge in [-0.05, 0) is 23.8 Å². The summed E-state index contributed by atoms with van der Waals surface area (Å²) in [6.45, 7) is 0.599. The monoisotopic (exact) mass is 408 g/mol. The molecule has 1 aliphatic rings. The fraction of sp³-hybridized carbons (Fsp3) is 0.0500. The Kier molecular flexibility index (Phi) is 4.61. The van der Waals surface area contributed by atoms with Crippen LogP contribution in [0.5, 0.6) is 0 Å². The first kappa shape index (κ1) is 18.8. The van der Waals surface area contributed by atoms with Crippen molar-refractivity contribution in [2.45, 2.75) is 11.4 Å². The van der Waals surface area contributed by atoms with Crippen LogP contribution in [-0.2, 0) is 16.6 Å². The van der Waals surface area contributed by atoms with Gasteiger partial charge in [-0.3, -0.25) is 9.59 Å². The summed E-state index contributed by atoms with van der Waals surface area (Å²) in [4.78, 5) is 29.1. The predicted octanol–water partition coefficient (Wildman–Crippen LogP) is 1.95. The van der Waals surface area contributed by atoms with Crippen LogP contribution in [0.15, 0.2) is 77.9 Å². The molecule has 1 heterocycles. The van der Waals surface area contributed by atoms with Crippen molar-refractivity contribution in [3.05, 3.63) is 89.6 Å². The van der Waals surface area contributed by atoms with Gasteiger partial charge in [0.05, 0.1) is 22.5 Å². The standard InChI is InChI=1S/C20H16N4O4S/c21-29(27,28)18-6-2-5-15-19(18)17(25)10-16(20(15)26)23-14-4-1-3-13(9-14)11-24-8-7-22-12-24/h1-10,12,23H,11H2,(H2,21,27,28). The van der Waals surface area contributed by atoms with Crippen LogP contribution in [0, 0.1) is 0 Å². The van der Waals surface area contributed by atoms with Gasteiger partial charge in [0.15, 0.2) is 5.78 Å². The van der Waals surface area contributed by atoms with Gasteiger partial charge in [0.1, 0.15) is 0 Å². The number of nitrogens with one attached hydrogen (secondary N) is 1. The van der Waals surface area contributed by atoms with Gasteiger partial charge in [0.2, 0.25) is 15.8 Å². The molecule has 146 valence electrons. The first-order valence-corrected chi connectivity index (χ1v) is 10.2. The number of allylic oxidation sites excluding steroid dienone is 2. The van der Waals surface area contributed by atoms with E-state index < -0.39 is 21.6 Å². The Bertz CT molecular complexity index is 1260. The van der Waals surface area contributed by atoms with E-state index in [1.807, 2.05) is 29.0 Å². The molecule has 0 unspecified atom stereocenters. The van der Waals surface area contributed by atoms with Crippen LogP contribution in [0.2, 0.25) is 0 Å². The molecule has 0 amide bonds. The Labute approximate surface area is 166 Å². The van der Waals surface area contributed by atoms with Crippen molar-refractivity contribution in [1.82, 2.24) is 9.55 Å². The molecular formula is C20H16N4O4S. The number of primary sulfonamides is 1. The van der Waals surface area contributed by atoms with E-state index in [0.29, 0.717) is 12.2 Å². The summed E-state index contributed by atoms with van der Waals surface area (Å²) in [6.07, 6.45) is 6.33. The lowest BCUT2D eigenvalue weighted by molar-refractivity contribution is 0.0983. The second-order valence-corrected chi connectivity index (χ2v) is 8.07. The summed E-state index contributed by atoms with van der Waals surface area (Å²) in [5.41, 5.74) is 1.47. The molecule has 3 N–H and O–H groups in total. The summed E-state index contributed by atoms with van der Waals surface area (Å²) < 4.78 is 25.4. The minimum Gasteiger partial charge on any atom is -0.352 e. The lowest BCUT2D eigenvalue weighted by atomic mass is 9.92. The molecule has 0 aliphatic heterocycles. The fourth-order valence-corrected chi connectivity index (χ4v) is 3.98. The average Bonchev–Trinajstić information content (AvgIpc) is 3.18. The van der Waals surface area contributed by atoms with Crippen LogP contribution < -0.4 is 10.5 Å². The molecule has 8 nitrogen and oxygen atoms in total. The number of nitrogens with zero attached hydrogens (tertiary/aromatic N) is 2. The Morgan fingerprint density at radius 1 is 1.10 bits per heavy atom. The normalized spacial score (nSPS) is 13.8. The molecule has 29 heavy (non-hydrogen) atoms. The summed E-state index contributed by atoms with van der Waals surface area (Å²) in [5.74, 6) is -1.08. The number of Topliss-reactive ketones (excluding diaryl/α,β-unsaturated/α-hetero) is 1. The van der Waals surface area contributed by atoms with Crippen molar-refractivity contribution in [2.75, 3.05) is 5.32 Å². The van der Waals surface area contributed by atoms with Crippen molar-refractivity contribution < 1.29 is 18.0 Å². The highest BCUT2D eigenvalue weighted by Crippen LogP contribution is 2.27. The minimum atomic E-state index is -4.14. The number of hydrogen-bond acceptors (Lipinski definition) is 6. The number of rotatable bonds is 5. The third-order valence-corrected chi connectivity index (χ3v) is 5.43. The summed E-state index contributed by atoms with van der Waals surface area (Å²) in [5, 5.41) is 8.15. The third-order valence-electron chi connectivity index (χ3n) is 4.47. The maximum atomic E-state index is 12.9. The number of sulfonamides is 1. The molecule has 4 rings (SSSR count). The second-order valence-electron chi connectivity index (χ2n) is 6.54. The van der Waals surface area contributed by atoms with Crippen molar-refractivity contribution in [3.63, 3.8) is 0 Å². The molecule has 1 aliphatic carbocycles. The predicted molar refractivity (Wildman–Crippen MR) is 106 cm³/mol. The fourth-order valence-electron chi connectivity index (χ4n) is 3.21. The molecular weight excluding hydrogens is 392 g/mol.